The van der Waals surface area contributed by atoms with Gasteiger partial charge in [-0.15, -0.1) is 0 Å². The zero-order valence-corrected chi connectivity index (χ0v) is 10.8. The molecular formula is C12H19N3O3. The van der Waals surface area contributed by atoms with Gasteiger partial charge in [-0.25, -0.2) is 9.78 Å². The van der Waals surface area contributed by atoms with Crippen LogP contribution < -0.4 is 5.73 Å². The quantitative estimate of drug-likeness (QED) is 0.818. The number of nitrogens with zero attached hydrogens (tertiary/aromatic N) is 2. The van der Waals surface area contributed by atoms with Gasteiger partial charge in [-0.1, -0.05) is 0 Å². The van der Waals surface area contributed by atoms with E-state index in [4.69, 9.17) is 15.2 Å². The van der Waals surface area contributed by atoms with Gasteiger partial charge < -0.3 is 19.8 Å². The van der Waals surface area contributed by atoms with Crippen molar-refractivity contribution in [1.29, 1.82) is 0 Å². The third-order valence-corrected chi connectivity index (χ3v) is 3.42. The lowest BCUT2D eigenvalue weighted by Crippen LogP contribution is -2.37. The van der Waals surface area contributed by atoms with E-state index in [0.717, 1.165) is 12.8 Å². The molecule has 0 saturated carbocycles. The molecule has 2 heterocycles. The Morgan fingerprint density at radius 1 is 1.61 bits per heavy atom. The molecule has 1 aliphatic heterocycles. The number of imidazole rings is 1. The number of nitrogens with two attached hydrogens (primary N) is 1. The van der Waals surface area contributed by atoms with E-state index in [2.05, 4.69) is 11.9 Å². The fourth-order valence-electron chi connectivity index (χ4n) is 2.20. The summed E-state index contributed by atoms with van der Waals surface area (Å²) in [6.45, 7) is 5.56. The van der Waals surface area contributed by atoms with Gasteiger partial charge in [-0.2, -0.15) is 0 Å². The molecule has 2 N–H and O–H groups in total. The lowest BCUT2D eigenvalue weighted by molar-refractivity contribution is 0.0303. The molecule has 0 amide bonds. The number of nitrogen functional groups attached to an aromatic ring is 1. The van der Waals surface area contributed by atoms with Crippen molar-refractivity contribution in [3.8, 4) is 0 Å². The second-order valence-electron chi connectivity index (χ2n) is 4.68. The number of hydrogen-bond donors (Lipinski definition) is 1. The van der Waals surface area contributed by atoms with Gasteiger partial charge in [0.2, 0.25) is 0 Å². The summed E-state index contributed by atoms with van der Waals surface area (Å²) in [5.41, 5.74) is 6.07. The lowest BCUT2D eigenvalue weighted by atomic mass is 9.92. The maximum absolute atomic E-state index is 11.7. The number of esters is 1. The molecule has 6 nitrogen and oxygen atoms in total. The summed E-state index contributed by atoms with van der Waals surface area (Å²) in [6.07, 6.45) is 3.33. The number of carbonyl (C=O) groups excluding carboxylic acids is 1. The first-order chi connectivity index (χ1) is 8.58. The SMILES string of the molecule is CCOC(=O)c1ncn(C2(C)CCOCC2)c1N. The second-order valence-corrected chi connectivity index (χ2v) is 4.68. The summed E-state index contributed by atoms with van der Waals surface area (Å²) in [5, 5.41) is 0. The fourth-order valence-corrected chi connectivity index (χ4v) is 2.20. The number of carbonyl (C=O) groups is 1. The molecule has 2 rings (SSSR count). The summed E-state index contributed by atoms with van der Waals surface area (Å²) in [6, 6.07) is 0. The van der Waals surface area contributed by atoms with Crippen LogP contribution in [-0.2, 0) is 15.0 Å². The molecule has 6 heteroatoms. The van der Waals surface area contributed by atoms with E-state index >= 15 is 0 Å². The lowest BCUT2D eigenvalue weighted by Gasteiger charge is -2.35. The molecular weight excluding hydrogens is 234 g/mol. The van der Waals surface area contributed by atoms with Crippen molar-refractivity contribution >= 4 is 11.8 Å². The van der Waals surface area contributed by atoms with Gasteiger partial charge in [0.1, 0.15) is 5.82 Å². The van der Waals surface area contributed by atoms with Gasteiger partial charge in [-0.05, 0) is 26.7 Å². The zero-order chi connectivity index (χ0) is 13.2. The van der Waals surface area contributed by atoms with Gasteiger partial charge in [0, 0.05) is 18.8 Å². The van der Waals surface area contributed by atoms with Crippen LogP contribution in [0.2, 0.25) is 0 Å². The number of ether oxygens (including phenoxy) is 2. The predicted molar refractivity (Wildman–Crippen MR) is 66.3 cm³/mol. The van der Waals surface area contributed by atoms with E-state index in [1.54, 1.807) is 13.3 Å². The zero-order valence-electron chi connectivity index (χ0n) is 10.8. The van der Waals surface area contributed by atoms with E-state index in [9.17, 15) is 4.79 Å². The van der Waals surface area contributed by atoms with Crippen LogP contribution in [0.1, 0.15) is 37.2 Å². The third kappa shape index (κ3) is 2.20. The Morgan fingerprint density at radius 3 is 2.89 bits per heavy atom. The van der Waals surface area contributed by atoms with Crippen LogP contribution in [0.15, 0.2) is 6.33 Å². The first-order valence-corrected chi connectivity index (χ1v) is 6.16. The molecule has 18 heavy (non-hydrogen) atoms. The van der Waals surface area contributed by atoms with Crippen LogP contribution in [0.5, 0.6) is 0 Å². The summed E-state index contributed by atoms with van der Waals surface area (Å²) in [4.78, 5) is 15.7. The van der Waals surface area contributed by atoms with Crippen LogP contribution in [0, 0.1) is 0 Å². The Hall–Kier alpha value is -1.56. The Labute approximate surface area is 106 Å². The predicted octanol–water partition coefficient (Wildman–Crippen LogP) is 1.17. The van der Waals surface area contributed by atoms with E-state index in [1.165, 1.54) is 0 Å². The fraction of sp³-hybridized carbons (Fsp3) is 0.667. The molecule has 0 unspecified atom stereocenters. The average molecular weight is 253 g/mol. The first kappa shape index (κ1) is 12.9. The largest absolute Gasteiger partial charge is 0.461 e. The number of hydrogen-bond acceptors (Lipinski definition) is 5. The van der Waals surface area contributed by atoms with Gasteiger partial charge in [0.25, 0.3) is 0 Å². The molecule has 1 aromatic rings. The van der Waals surface area contributed by atoms with Crippen LogP contribution in [-0.4, -0.2) is 35.3 Å². The average Bonchev–Trinajstić information content (AvgIpc) is 2.73. The highest BCUT2D eigenvalue weighted by molar-refractivity contribution is 5.92. The summed E-state index contributed by atoms with van der Waals surface area (Å²) < 4.78 is 12.1. The van der Waals surface area contributed by atoms with E-state index in [0.29, 0.717) is 25.6 Å². The van der Waals surface area contributed by atoms with Crippen molar-refractivity contribution in [2.75, 3.05) is 25.6 Å². The topological polar surface area (TPSA) is 79.4 Å². The Balaban J connectivity index is 2.27. The van der Waals surface area contributed by atoms with Crippen molar-refractivity contribution in [3.05, 3.63) is 12.0 Å². The molecule has 1 aliphatic rings. The molecule has 0 atom stereocenters. The normalized spacial score (nSPS) is 18.6. The Morgan fingerprint density at radius 2 is 2.28 bits per heavy atom. The van der Waals surface area contributed by atoms with Gasteiger partial charge >= 0.3 is 5.97 Å². The van der Waals surface area contributed by atoms with Crippen LogP contribution in [0.25, 0.3) is 0 Å². The molecule has 0 radical (unpaired) electrons. The molecule has 0 spiro atoms. The molecule has 1 fully saturated rings. The van der Waals surface area contributed by atoms with Crippen molar-refractivity contribution in [1.82, 2.24) is 9.55 Å². The first-order valence-electron chi connectivity index (χ1n) is 6.16. The van der Waals surface area contributed by atoms with Crippen LogP contribution >= 0.6 is 0 Å². The monoisotopic (exact) mass is 253 g/mol. The summed E-state index contributed by atoms with van der Waals surface area (Å²) >= 11 is 0. The molecule has 0 aliphatic carbocycles. The third-order valence-electron chi connectivity index (χ3n) is 3.42. The number of rotatable bonds is 3. The van der Waals surface area contributed by atoms with E-state index in [-0.39, 0.29) is 11.2 Å². The highest BCUT2D eigenvalue weighted by Gasteiger charge is 2.32. The number of aromatic nitrogens is 2. The standard InChI is InChI=1S/C12H19N3O3/c1-3-18-11(16)9-10(13)15(8-14-9)12(2)4-6-17-7-5-12/h8H,3-7,13H2,1-2H3. The Kier molecular flexibility index (Phi) is 3.56. The maximum Gasteiger partial charge on any atom is 0.360 e. The molecule has 0 bridgehead atoms. The summed E-state index contributed by atoms with van der Waals surface area (Å²) in [7, 11) is 0. The molecule has 0 aromatic carbocycles. The smallest absolute Gasteiger partial charge is 0.360 e. The van der Waals surface area contributed by atoms with Crippen molar-refractivity contribution < 1.29 is 14.3 Å². The minimum atomic E-state index is -0.468. The van der Waals surface area contributed by atoms with Crippen LogP contribution in [0.3, 0.4) is 0 Å². The van der Waals surface area contributed by atoms with Gasteiger partial charge in [0.05, 0.1) is 12.9 Å². The minimum Gasteiger partial charge on any atom is -0.461 e. The van der Waals surface area contributed by atoms with E-state index in [1.807, 2.05) is 4.57 Å². The van der Waals surface area contributed by atoms with Crippen molar-refractivity contribution in [2.24, 2.45) is 0 Å². The second kappa shape index (κ2) is 4.97. The van der Waals surface area contributed by atoms with Crippen LogP contribution in [0.4, 0.5) is 5.82 Å². The minimum absolute atomic E-state index is 0.139. The molecule has 1 aromatic heterocycles. The maximum atomic E-state index is 11.7. The Bertz CT molecular complexity index is 436. The van der Waals surface area contributed by atoms with Crippen molar-refractivity contribution in [3.63, 3.8) is 0 Å². The highest BCUT2D eigenvalue weighted by atomic mass is 16.5. The highest BCUT2D eigenvalue weighted by Crippen LogP contribution is 2.31. The van der Waals surface area contributed by atoms with Gasteiger partial charge in [0.15, 0.2) is 5.69 Å². The van der Waals surface area contributed by atoms with E-state index < -0.39 is 5.97 Å². The molecule has 100 valence electrons. The van der Waals surface area contributed by atoms with Crippen molar-refractivity contribution in [2.45, 2.75) is 32.2 Å². The molecule has 1 saturated heterocycles. The number of anilines is 1. The summed E-state index contributed by atoms with van der Waals surface area (Å²) in [5.74, 6) is -0.0951. The van der Waals surface area contributed by atoms with Gasteiger partial charge in [-0.3, -0.25) is 0 Å².